The number of ketones is 1. The molecule has 10 nitrogen and oxygen atoms in total. The molecule has 136 valence electrons. The summed E-state index contributed by atoms with van der Waals surface area (Å²) in [5.41, 5.74) is 7.49. The smallest absolute Gasteiger partial charge is 0.195 e. The minimum Gasteiger partial charge on any atom is -0.412 e. The molecule has 0 saturated heterocycles. The summed E-state index contributed by atoms with van der Waals surface area (Å²) in [5.74, 6) is 8.25. The number of hydrogen-bond acceptors (Lipinski definition) is 8. The zero-order chi connectivity index (χ0) is 18.5. The number of aromatic nitrogens is 4. The molecule has 3 heterocycles. The summed E-state index contributed by atoms with van der Waals surface area (Å²) in [6.45, 7) is 0. The van der Waals surface area contributed by atoms with Gasteiger partial charge in [0.1, 0.15) is 17.9 Å². The topological polar surface area (TPSA) is 205 Å². The molecule has 0 aliphatic heterocycles. The van der Waals surface area contributed by atoms with Crippen LogP contribution < -0.4 is 17.4 Å². The van der Waals surface area contributed by atoms with Crippen LogP contribution in [0.2, 0.25) is 0 Å². The third-order valence-electron chi connectivity index (χ3n) is 2.73. The maximum atomic E-state index is 11.0. The minimum absolute atomic E-state index is 0. The van der Waals surface area contributed by atoms with Crippen molar-refractivity contribution in [3.8, 4) is 17.5 Å². The highest BCUT2D eigenvalue weighted by atomic mass is 16.1. The average molecular weight is 356 g/mol. The van der Waals surface area contributed by atoms with Gasteiger partial charge in [-0.2, -0.15) is 10.4 Å². The van der Waals surface area contributed by atoms with E-state index in [1.165, 1.54) is 6.20 Å². The van der Waals surface area contributed by atoms with E-state index in [9.17, 15) is 4.79 Å². The Morgan fingerprint density at radius 1 is 1.12 bits per heavy atom. The number of carbonyl (C=O) groups excluding carboxylic acids is 1. The quantitative estimate of drug-likeness (QED) is 0.289. The van der Waals surface area contributed by atoms with Gasteiger partial charge in [0.25, 0.3) is 0 Å². The van der Waals surface area contributed by atoms with E-state index in [4.69, 9.17) is 11.0 Å². The number of nitrogens with zero attached hydrogens (tertiary/aromatic N) is 4. The Morgan fingerprint density at radius 2 is 1.77 bits per heavy atom. The number of aromatic amines is 1. The van der Waals surface area contributed by atoms with Crippen molar-refractivity contribution in [2.75, 3.05) is 5.73 Å². The summed E-state index contributed by atoms with van der Waals surface area (Å²) >= 11 is 0. The summed E-state index contributed by atoms with van der Waals surface area (Å²) in [4.78, 5) is 18.9. The fourth-order valence-electron chi connectivity index (χ4n) is 1.68. The van der Waals surface area contributed by atoms with E-state index < -0.39 is 0 Å². The number of carbonyl (C=O) groups is 1. The highest BCUT2D eigenvalue weighted by Gasteiger charge is 2.03. The lowest BCUT2D eigenvalue weighted by Crippen LogP contribution is -2.02. The molecule has 9 N–H and O–H groups in total. The number of anilines is 1. The molecule has 0 bridgehead atoms. The molecule has 0 amide bonds. The number of nitrogens with one attached hydrogen (secondary N) is 1. The molecule has 0 atom stereocenters. The minimum atomic E-state index is -0.229. The summed E-state index contributed by atoms with van der Waals surface area (Å²) in [6, 6.07) is 14.2. The molecular weight excluding hydrogens is 336 g/mol. The van der Waals surface area contributed by atoms with Gasteiger partial charge in [-0.25, -0.2) is 0 Å². The number of nitrogens with two attached hydrogens (primary N) is 3. The molecule has 0 aromatic carbocycles. The van der Waals surface area contributed by atoms with Crippen LogP contribution in [0, 0.1) is 11.3 Å². The molecule has 0 spiro atoms. The Bertz CT molecular complexity index is 800. The van der Waals surface area contributed by atoms with Gasteiger partial charge in [0.15, 0.2) is 5.78 Å². The molecule has 26 heavy (non-hydrogen) atoms. The van der Waals surface area contributed by atoms with Gasteiger partial charge >= 0.3 is 0 Å². The predicted octanol–water partition coefficient (Wildman–Crippen LogP) is 0.226. The monoisotopic (exact) mass is 356 g/mol. The number of hydrazine groups is 1. The SMILES string of the molecule is N#CCC(=O)c1ccccn1.NN.Nc1cc(-c2ccccn2)[nH]n1.O. The van der Waals surface area contributed by atoms with Crippen molar-refractivity contribution in [2.45, 2.75) is 6.42 Å². The van der Waals surface area contributed by atoms with Crippen molar-refractivity contribution in [1.29, 1.82) is 5.26 Å². The molecule has 3 aromatic rings. The number of Topliss-reactive ketones (excluding diaryl/α,β-unsaturated/α-hetero) is 1. The van der Waals surface area contributed by atoms with Gasteiger partial charge in [-0.3, -0.25) is 31.5 Å². The number of H-pyrrole nitrogens is 1. The van der Waals surface area contributed by atoms with E-state index in [0.29, 0.717) is 11.5 Å². The van der Waals surface area contributed by atoms with E-state index in [0.717, 1.165) is 11.4 Å². The molecule has 3 rings (SSSR count). The second-order valence-electron chi connectivity index (χ2n) is 4.39. The van der Waals surface area contributed by atoms with Gasteiger partial charge in [0.2, 0.25) is 0 Å². The van der Waals surface area contributed by atoms with Crippen molar-refractivity contribution >= 4 is 11.6 Å². The maximum absolute atomic E-state index is 11.0. The Labute approximate surface area is 150 Å². The summed E-state index contributed by atoms with van der Waals surface area (Å²) in [7, 11) is 0. The molecule has 0 aliphatic carbocycles. The molecule has 0 unspecified atom stereocenters. The van der Waals surface area contributed by atoms with Gasteiger partial charge in [-0.05, 0) is 24.3 Å². The highest BCUT2D eigenvalue weighted by molar-refractivity contribution is 5.95. The Morgan fingerprint density at radius 3 is 2.23 bits per heavy atom. The van der Waals surface area contributed by atoms with E-state index in [1.807, 2.05) is 18.2 Å². The normalized spacial score (nSPS) is 8.50. The number of rotatable bonds is 3. The predicted molar refractivity (Wildman–Crippen MR) is 97.0 cm³/mol. The third kappa shape index (κ3) is 7.28. The summed E-state index contributed by atoms with van der Waals surface area (Å²) in [6.07, 6.45) is 3.16. The number of pyridine rings is 2. The third-order valence-corrected chi connectivity index (χ3v) is 2.73. The maximum Gasteiger partial charge on any atom is 0.195 e. The first kappa shape index (κ1) is 22.4. The molecule has 0 radical (unpaired) electrons. The van der Waals surface area contributed by atoms with Gasteiger partial charge in [0, 0.05) is 18.5 Å². The van der Waals surface area contributed by atoms with Crippen LogP contribution in [0.3, 0.4) is 0 Å². The van der Waals surface area contributed by atoms with Gasteiger partial charge in [-0.15, -0.1) is 0 Å². The van der Waals surface area contributed by atoms with Crippen LogP contribution in [0.5, 0.6) is 0 Å². The fraction of sp³-hybridized carbons (Fsp3) is 0.0625. The molecule has 3 aromatic heterocycles. The Hall–Kier alpha value is -3.65. The second kappa shape index (κ2) is 12.7. The highest BCUT2D eigenvalue weighted by Crippen LogP contribution is 2.14. The lowest BCUT2D eigenvalue weighted by atomic mass is 10.2. The van der Waals surface area contributed by atoms with E-state index in [1.54, 1.807) is 36.5 Å². The average Bonchev–Trinajstić information content (AvgIpc) is 3.12. The first-order chi connectivity index (χ1) is 12.2. The second-order valence-corrected chi connectivity index (χ2v) is 4.39. The number of nitriles is 1. The van der Waals surface area contributed by atoms with Crippen molar-refractivity contribution < 1.29 is 10.3 Å². The van der Waals surface area contributed by atoms with Gasteiger partial charge in [-0.1, -0.05) is 12.1 Å². The largest absolute Gasteiger partial charge is 0.412 e. The Kier molecular flexibility index (Phi) is 10.9. The lowest BCUT2D eigenvalue weighted by molar-refractivity contribution is 0.0993. The van der Waals surface area contributed by atoms with Gasteiger partial charge < -0.3 is 11.2 Å². The van der Waals surface area contributed by atoms with E-state index in [2.05, 4.69) is 31.9 Å². The summed E-state index contributed by atoms with van der Waals surface area (Å²) < 4.78 is 0. The molecule has 0 fully saturated rings. The molecular formula is C16H20N8O2. The van der Waals surface area contributed by atoms with E-state index >= 15 is 0 Å². The van der Waals surface area contributed by atoms with Crippen LogP contribution in [0.4, 0.5) is 5.82 Å². The fourth-order valence-corrected chi connectivity index (χ4v) is 1.68. The standard InChI is InChI=1S/C8H8N4.C8H6N2O.H4N2.H2O/c9-8-5-7(11-12-8)6-3-1-2-4-10-6;9-5-4-8(11)7-3-1-2-6-10-7;1-2;/h1-5H,(H3,9,11,12);1-3,6H,4H2;1-2H2;1H2. The van der Waals surface area contributed by atoms with E-state index in [-0.39, 0.29) is 17.7 Å². The van der Waals surface area contributed by atoms with Crippen molar-refractivity contribution in [3.63, 3.8) is 0 Å². The van der Waals surface area contributed by atoms with Crippen molar-refractivity contribution in [1.82, 2.24) is 20.2 Å². The van der Waals surface area contributed by atoms with Crippen LogP contribution in [0.1, 0.15) is 16.9 Å². The van der Waals surface area contributed by atoms with Crippen molar-refractivity contribution in [2.24, 2.45) is 11.7 Å². The number of hydrogen-bond donors (Lipinski definition) is 4. The Balaban J connectivity index is 0.000000426. The van der Waals surface area contributed by atoms with Crippen LogP contribution in [-0.2, 0) is 0 Å². The molecule has 0 aliphatic rings. The molecule has 0 saturated carbocycles. The first-order valence-corrected chi connectivity index (χ1v) is 7.07. The zero-order valence-corrected chi connectivity index (χ0v) is 13.8. The van der Waals surface area contributed by atoms with Crippen LogP contribution in [0.25, 0.3) is 11.4 Å². The zero-order valence-electron chi connectivity index (χ0n) is 13.8. The summed E-state index contributed by atoms with van der Waals surface area (Å²) in [5, 5.41) is 14.8. The van der Waals surface area contributed by atoms with Crippen molar-refractivity contribution in [3.05, 3.63) is 60.6 Å². The van der Waals surface area contributed by atoms with Crippen LogP contribution >= 0.6 is 0 Å². The van der Waals surface area contributed by atoms with Gasteiger partial charge in [0.05, 0.1) is 17.5 Å². The lowest BCUT2D eigenvalue weighted by Gasteiger charge is -1.92. The van der Waals surface area contributed by atoms with Crippen LogP contribution in [-0.4, -0.2) is 31.4 Å². The van der Waals surface area contributed by atoms with Crippen LogP contribution in [0.15, 0.2) is 54.9 Å². The first-order valence-electron chi connectivity index (χ1n) is 7.07. The number of nitrogen functional groups attached to an aromatic ring is 1. The molecule has 10 heteroatoms.